The third-order valence-electron chi connectivity index (χ3n) is 3.63. The number of para-hydroxylation sites is 1. The van der Waals surface area contributed by atoms with Crippen molar-refractivity contribution >= 4 is 10.0 Å². The molecule has 0 fully saturated rings. The molecular formula is C18H18N2O4S. The molecule has 1 heterocycles. The Bertz CT molecular complexity index is 966. The lowest BCUT2D eigenvalue weighted by atomic mass is 10.1. The van der Waals surface area contributed by atoms with E-state index in [2.05, 4.69) is 4.98 Å². The highest BCUT2D eigenvalue weighted by molar-refractivity contribution is 7.90. The molecular weight excluding hydrogens is 340 g/mol. The van der Waals surface area contributed by atoms with Crippen LogP contribution >= 0.6 is 0 Å². The Morgan fingerprint density at radius 3 is 2.52 bits per heavy atom. The van der Waals surface area contributed by atoms with Gasteiger partial charge in [-0.15, -0.1) is 0 Å². The summed E-state index contributed by atoms with van der Waals surface area (Å²) in [7, 11) is -2.25. The second kappa shape index (κ2) is 6.98. The van der Waals surface area contributed by atoms with Crippen molar-refractivity contribution in [3.63, 3.8) is 0 Å². The summed E-state index contributed by atoms with van der Waals surface area (Å²) in [5.74, 6) is 1.25. The smallest absolute Gasteiger partial charge is 0.269 e. The van der Waals surface area contributed by atoms with Crippen molar-refractivity contribution in [2.24, 2.45) is 0 Å². The molecule has 0 spiro atoms. The molecule has 7 heteroatoms. The van der Waals surface area contributed by atoms with E-state index in [0.717, 1.165) is 3.97 Å². The van der Waals surface area contributed by atoms with E-state index < -0.39 is 10.0 Å². The lowest BCUT2D eigenvalue weighted by Crippen LogP contribution is -2.13. The summed E-state index contributed by atoms with van der Waals surface area (Å²) in [5, 5.41) is 0. The molecule has 25 heavy (non-hydrogen) atoms. The number of hydrogen-bond donors (Lipinski definition) is 0. The van der Waals surface area contributed by atoms with Gasteiger partial charge in [-0.3, -0.25) is 0 Å². The number of nitrogens with zero attached hydrogens (tertiary/aromatic N) is 2. The number of rotatable bonds is 6. The molecule has 0 amide bonds. The summed E-state index contributed by atoms with van der Waals surface area (Å²) >= 11 is 0. The Labute approximate surface area is 146 Å². The van der Waals surface area contributed by atoms with Crippen molar-refractivity contribution in [3.8, 4) is 22.9 Å². The minimum Gasteiger partial charge on any atom is -0.492 e. The predicted molar refractivity (Wildman–Crippen MR) is 94.4 cm³/mol. The van der Waals surface area contributed by atoms with E-state index in [0.29, 0.717) is 23.7 Å². The van der Waals surface area contributed by atoms with Gasteiger partial charge in [-0.1, -0.05) is 24.3 Å². The van der Waals surface area contributed by atoms with Crippen LogP contribution in [-0.2, 0) is 10.0 Å². The van der Waals surface area contributed by atoms with Gasteiger partial charge in [0, 0.05) is 12.4 Å². The van der Waals surface area contributed by atoms with E-state index in [1.807, 2.05) is 6.92 Å². The van der Waals surface area contributed by atoms with Gasteiger partial charge in [-0.2, -0.15) is 0 Å². The minimum atomic E-state index is -3.77. The lowest BCUT2D eigenvalue weighted by Gasteiger charge is -2.15. The van der Waals surface area contributed by atoms with Gasteiger partial charge >= 0.3 is 0 Å². The van der Waals surface area contributed by atoms with E-state index in [1.165, 1.54) is 19.5 Å². The summed E-state index contributed by atoms with van der Waals surface area (Å²) in [4.78, 5) is 4.43. The molecule has 0 atom stereocenters. The molecule has 0 bridgehead atoms. The Hall–Kier alpha value is -2.80. The molecule has 0 aliphatic heterocycles. The molecule has 0 unspecified atom stereocenters. The maximum Gasteiger partial charge on any atom is 0.269 e. The predicted octanol–water partition coefficient (Wildman–Crippen LogP) is 3.19. The highest BCUT2D eigenvalue weighted by Crippen LogP contribution is 2.38. The van der Waals surface area contributed by atoms with Crippen molar-refractivity contribution in [1.29, 1.82) is 0 Å². The minimum absolute atomic E-state index is 0.189. The average Bonchev–Trinajstić information content (AvgIpc) is 3.13. The van der Waals surface area contributed by atoms with Crippen LogP contribution in [0.3, 0.4) is 0 Å². The van der Waals surface area contributed by atoms with Crippen LogP contribution in [-0.4, -0.2) is 31.1 Å². The summed E-state index contributed by atoms with van der Waals surface area (Å²) in [6, 6.07) is 13.5. The van der Waals surface area contributed by atoms with E-state index >= 15 is 0 Å². The van der Waals surface area contributed by atoms with Gasteiger partial charge in [-0.05, 0) is 31.2 Å². The number of methoxy groups -OCH3 is 1. The maximum absolute atomic E-state index is 13.0. The first-order valence-corrected chi connectivity index (χ1v) is 9.17. The van der Waals surface area contributed by atoms with Crippen LogP contribution in [0.5, 0.6) is 11.5 Å². The fraction of sp³-hybridized carbons (Fsp3) is 0.167. The third-order valence-corrected chi connectivity index (χ3v) is 5.31. The summed E-state index contributed by atoms with van der Waals surface area (Å²) in [6.45, 7) is 2.34. The van der Waals surface area contributed by atoms with Crippen LogP contribution in [0.25, 0.3) is 11.4 Å². The Kier molecular flexibility index (Phi) is 4.76. The van der Waals surface area contributed by atoms with Crippen molar-refractivity contribution in [1.82, 2.24) is 8.96 Å². The standard InChI is InChI=1S/C18H18N2O4S/c1-3-24-16-11-7-10-15(17(16)23-2)18-19-12-13-20(18)25(21,22)14-8-5-4-6-9-14/h4-13H,3H2,1-2H3. The first-order valence-electron chi connectivity index (χ1n) is 7.73. The molecule has 0 saturated carbocycles. The quantitative estimate of drug-likeness (QED) is 0.677. The normalized spacial score (nSPS) is 11.3. The van der Waals surface area contributed by atoms with Crippen LogP contribution in [0.15, 0.2) is 65.8 Å². The molecule has 0 radical (unpaired) electrons. The fourth-order valence-electron chi connectivity index (χ4n) is 2.55. The van der Waals surface area contributed by atoms with Gasteiger partial charge in [0.1, 0.15) is 0 Å². The van der Waals surface area contributed by atoms with Crippen LogP contribution in [0.2, 0.25) is 0 Å². The Balaban J connectivity index is 2.17. The van der Waals surface area contributed by atoms with Crippen LogP contribution in [0.4, 0.5) is 0 Å². The third kappa shape index (κ3) is 3.10. The molecule has 3 rings (SSSR count). The van der Waals surface area contributed by atoms with Crippen LogP contribution < -0.4 is 9.47 Å². The van der Waals surface area contributed by atoms with Crippen LogP contribution in [0.1, 0.15) is 6.92 Å². The molecule has 0 N–H and O–H groups in total. The van der Waals surface area contributed by atoms with Crippen molar-refractivity contribution in [2.75, 3.05) is 13.7 Å². The number of benzene rings is 2. The van der Waals surface area contributed by atoms with E-state index in [9.17, 15) is 8.42 Å². The van der Waals surface area contributed by atoms with E-state index in [-0.39, 0.29) is 10.7 Å². The molecule has 130 valence electrons. The van der Waals surface area contributed by atoms with E-state index in [4.69, 9.17) is 9.47 Å². The molecule has 6 nitrogen and oxygen atoms in total. The number of imidazole rings is 1. The first kappa shape index (κ1) is 17.0. The van der Waals surface area contributed by atoms with Gasteiger partial charge in [0.15, 0.2) is 17.3 Å². The second-order valence-electron chi connectivity index (χ2n) is 5.13. The van der Waals surface area contributed by atoms with Gasteiger partial charge in [0.05, 0.1) is 24.2 Å². The molecule has 0 saturated heterocycles. The maximum atomic E-state index is 13.0. The summed E-state index contributed by atoms with van der Waals surface area (Å²) in [6.07, 6.45) is 2.87. The molecule has 0 aliphatic carbocycles. The van der Waals surface area contributed by atoms with Gasteiger partial charge < -0.3 is 9.47 Å². The highest BCUT2D eigenvalue weighted by atomic mass is 32.2. The second-order valence-corrected chi connectivity index (χ2v) is 6.95. The van der Waals surface area contributed by atoms with Gasteiger partial charge in [0.2, 0.25) is 0 Å². The Morgan fingerprint density at radius 1 is 1.08 bits per heavy atom. The number of aromatic nitrogens is 2. The molecule has 1 aromatic heterocycles. The Morgan fingerprint density at radius 2 is 1.84 bits per heavy atom. The van der Waals surface area contributed by atoms with Gasteiger partial charge in [-0.25, -0.2) is 17.4 Å². The topological polar surface area (TPSA) is 70.4 Å². The number of hydrogen-bond acceptors (Lipinski definition) is 5. The van der Waals surface area contributed by atoms with E-state index in [1.54, 1.807) is 48.5 Å². The lowest BCUT2D eigenvalue weighted by molar-refractivity contribution is 0.311. The molecule has 0 aliphatic rings. The van der Waals surface area contributed by atoms with Gasteiger partial charge in [0.25, 0.3) is 10.0 Å². The molecule has 3 aromatic rings. The van der Waals surface area contributed by atoms with Crippen molar-refractivity contribution < 1.29 is 17.9 Å². The van der Waals surface area contributed by atoms with Crippen LogP contribution in [0, 0.1) is 0 Å². The highest BCUT2D eigenvalue weighted by Gasteiger charge is 2.23. The monoisotopic (exact) mass is 358 g/mol. The first-order chi connectivity index (χ1) is 12.1. The SMILES string of the molecule is CCOc1cccc(-c2nccn2S(=O)(=O)c2ccccc2)c1OC. The molecule has 2 aromatic carbocycles. The fourth-order valence-corrected chi connectivity index (χ4v) is 3.87. The largest absolute Gasteiger partial charge is 0.492 e. The zero-order chi connectivity index (χ0) is 17.9. The average molecular weight is 358 g/mol. The summed E-state index contributed by atoms with van der Waals surface area (Å²) in [5.41, 5.74) is 0.540. The zero-order valence-electron chi connectivity index (χ0n) is 13.9. The zero-order valence-corrected chi connectivity index (χ0v) is 14.7. The van der Waals surface area contributed by atoms with Crippen molar-refractivity contribution in [3.05, 3.63) is 60.9 Å². The summed E-state index contributed by atoms with van der Waals surface area (Å²) < 4.78 is 38.1. The number of ether oxygens (including phenoxy) is 2. The van der Waals surface area contributed by atoms with Crippen molar-refractivity contribution in [2.45, 2.75) is 11.8 Å².